The summed E-state index contributed by atoms with van der Waals surface area (Å²) in [4.78, 5) is 11.4. The monoisotopic (exact) mass is 249 g/mol. The zero-order valence-corrected chi connectivity index (χ0v) is 11.3. The van der Waals surface area contributed by atoms with Crippen LogP contribution in [0.15, 0.2) is 24.3 Å². The van der Waals surface area contributed by atoms with Crippen LogP contribution < -0.4 is 5.32 Å². The first-order chi connectivity index (χ1) is 8.67. The number of benzene rings is 1. The second-order valence-corrected chi connectivity index (χ2v) is 4.71. The number of aliphatic hydroxyl groups excluding tert-OH is 1. The van der Waals surface area contributed by atoms with Crippen molar-refractivity contribution in [2.75, 3.05) is 18.5 Å². The van der Waals surface area contributed by atoms with Crippen LogP contribution in [-0.2, 0) is 0 Å². The van der Waals surface area contributed by atoms with Gasteiger partial charge in [-0.05, 0) is 43.0 Å². The molecule has 0 saturated heterocycles. The van der Waals surface area contributed by atoms with Crippen molar-refractivity contribution in [2.45, 2.75) is 33.1 Å². The molecule has 0 aromatic heterocycles. The first-order valence-corrected chi connectivity index (χ1v) is 6.65. The second-order valence-electron chi connectivity index (χ2n) is 4.71. The Morgan fingerprint density at radius 2 is 2.00 bits per heavy atom. The molecule has 0 saturated carbocycles. The largest absolute Gasteiger partial charge is 0.396 e. The highest BCUT2D eigenvalue weighted by Gasteiger charge is 2.02. The number of aliphatic hydroxyl groups is 1. The van der Waals surface area contributed by atoms with E-state index in [1.165, 1.54) is 0 Å². The molecule has 0 aliphatic carbocycles. The van der Waals surface area contributed by atoms with Gasteiger partial charge in [0.1, 0.15) is 0 Å². The Kier molecular flexibility index (Phi) is 6.44. The van der Waals surface area contributed by atoms with E-state index >= 15 is 0 Å². The summed E-state index contributed by atoms with van der Waals surface area (Å²) < 4.78 is 0. The van der Waals surface area contributed by atoms with E-state index in [-0.39, 0.29) is 12.4 Å². The summed E-state index contributed by atoms with van der Waals surface area (Å²) in [6, 6.07) is 7.62. The molecule has 100 valence electrons. The molecule has 0 aliphatic rings. The first-order valence-electron chi connectivity index (χ1n) is 6.65. The van der Waals surface area contributed by atoms with E-state index in [1.807, 2.05) is 38.1 Å². The van der Waals surface area contributed by atoms with Crippen molar-refractivity contribution in [3.63, 3.8) is 0 Å². The highest BCUT2D eigenvalue weighted by Crippen LogP contribution is 2.12. The maximum absolute atomic E-state index is 11.4. The minimum Gasteiger partial charge on any atom is -0.396 e. The van der Waals surface area contributed by atoms with Crippen molar-refractivity contribution in [3.05, 3.63) is 29.8 Å². The van der Waals surface area contributed by atoms with Crippen LogP contribution in [0, 0.1) is 5.92 Å². The standard InChI is InChI=1S/C15H23NO2/c1-3-15(18)13-6-8-14(9-7-13)16-10-4-5-12(2)11-17/h6-9,12,16-17H,3-5,10-11H2,1-2H3. The normalized spacial score (nSPS) is 12.2. The number of Topliss-reactive ketones (excluding diaryl/α,β-unsaturated/α-hetero) is 1. The number of rotatable bonds is 8. The van der Waals surface area contributed by atoms with Gasteiger partial charge in [-0.15, -0.1) is 0 Å². The Hall–Kier alpha value is -1.35. The van der Waals surface area contributed by atoms with Crippen LogP contribution in [0.25, 0.3) is 0 Å². The van der Waals surface area contributed by atoms with E-state index in [2.05, 4.69) is 5.32 Å². The average molecular weight is 249 g/mol. The minimum absolute atomic E-state index is 0.179. The topological polar surface area (TPSA) is 49.3 Å². The van der Waals surface area contributed by atoms with E-state index in [9.17, 15) is 4.79 Å². The molecule has 0 heterocycles. The molecular weight excluding hydrogens is 226 g/mol. The third-order valence-corrected chi connectivity index (χ3v) is 3.04. The molecule has 1 aromatic carbocycles. The molecule has 0 fully saturated rings. The van der Waals surface area contributed by atoms with Gasteiger partial charge in [0.15, 0.2) is 5.78 Å². The molecule has 18 heavy (non-hydrogen) atoms. The molecule has 1 rings (SSSR count). The minimum atomic E-state index is 0.179. The fourth-order valence-corrected chi connectivity index (χ4v) is 1.75. The summed E-state index contributed by atoms with van der Waals surface area (Å²) >= 11 is 0. The quantitative estimate of drug-likeness (QED) is 0.550. The van der Waals surface area contributed by atoms with Crippen molar-refractivity contribution in [1.82, 2.24) is 0 Å². The molecule has 1 aromatic rings. The zero-order chi connectivity index (χ0) is 13.4. The third-order valence-electron chi connectivity index (χ3n) is 3.04. The lowest BCUT2D eigenvalue weighted by Gasteiger charge is -2.09. The molecule has 1 unspecified atom stereocenters. The summed E-state index contributed by atoms with van der Waals surface area (Å²) in [6.45, 7) is 5.07. The molecule has 0 spiro atoms. The van der Waals surface area contributed by atoms with E-state index in [0.29, 0.717) is 12.3 Å². The van der Waals surface area contributed by atoms with Crippen LogP contribution in [0.5, 0.6) is 0 Å². The Labute approximate surface area is 109 Å². The maximum atomic E-state index is 11.4. The second kappa shape index (κ2) is 7.88. The molecule has 3 nitrogen and oxygen atoms in total. The van der Waals surface area contributed by atoms with Crippen molar-refractivity contribution in [1.29, 1.82) is 0 Å². The lowest BCUT2D eigenvalue weighted by Crippen LogP contribution is -2.06. The van der Waals surface area contributed by atoms with Gasteiger partial charge < -0.3 is 10.4 Å². The van der Waals surface area contributed by atoms with Crippen LogP contribution in [0.4, 0.5) is 5.69 Å². The van der Waals surface area contributed by atoms with E-state index in [4.69, 9.17) is 5.11 Å². The summed E-state index contributed by atoms with van der Waals surface area (Å²) in [7, 11) is 0. The van der Waals surface area contributed by atoms with Gasteiger partial charge in [-0.25, -0.2) is 0 Å². The van der Waals surface area contributed by atoms with E-state index in [0.717, 1.165) is 30.6 Å². The molecule has 0 bridgehead atoms. The molecule has 1 atom stereocenters. The van der Waals surface area contributed by atoms with Gasteiger partial charge in [0.25, 0.3) is 0 Å². The SMILES string of the molecule is CCC(=O)c1ccc(NCCCC(C)CO)cc1. The van der Waals surface area contributed by atoms with Crippen LogP contribution in [0.1, 0.15) is 43.5 Å². The Morgan fingerprint density at radius 3 is 2.56 bits per heavy atom. The van der Waals surface area contributed by atoms with Gasteiger partial charge in [-0.2, -0.15) is 0 Å². The Morgan fingerprint density at radius 1 is 1.33 bits per heavy atom. The summed E-state index contributed by atoms with van der Waals surface area (Å²) in [5.74, 6) is 0.551. The molecule has 0 radical (unpaired) electrons. The van der Waals surface area contributed by atoms with Gasteiger partial charge in [0.05, 0.1) is 0 Å². The summed E-state index contributed by atoms with van der Waals surface area (Å²) in [5, 5.41) is 12.2. The predicted molar refractivity (Wildman–Crippen MR) is 75.0 cm³/mol. The van der Waals surface area contributed by atoms with Gasteiger partial charge in [0, 0.05) is 30.8 Å². The van der Waals surface area contributed by atoms with Crippen LogP contribution in [-0.4, -0.2) is 24.0 Å². The van der Waals surface area contributed by atoms with E-state index in [1.54, 1.807) is 0 Å². The van der Waals surface area contributed by atoms with Crippen molar-refractivity contribution < 1.29 is 9.90 Å². The first kappa shape index (κ1) is 14.7. The lowest BCUT2D eigenvalue weighted by atomic mass is 10.1. The fraction of sp³-hybridized carbons (Fsp3) is 0.533. The predicted octanol–water partition coefficient (Wildman–Crippen LogP) is 3.10. The van der Waals surface area contributed by atoms with Crippen molar-refractivity contribution >= 4 is 11.5 Å². The van der Waals surface area contributed by atoms with E-state index < -0.39 is 0 Å². The third kappa shape index (κ3) is 4.88. The molecule has 0 amide bonds. The molecule has 2 N–H and O–H groups in total. The highest BCUT2D eigenvalue weighted by molar-refractivity contribution is 5.96. The Bertz CT molecular complexity index is 359. The summed E-state index contributed by atoms with van der Waals surface area (Å²) in [5.41, 5.74) is 1.82. The number of carbonyl (C=O) groups is 1. The number of hydrogen-bond donors (Lipinski definition) is 2. The molecule has 0 aliphatic heterocycles. The van der Waals surface area contributed by atoms with Crippen LogP contribution in [0.3, 0.4) is 0 Å². The van der Waals surface area contributed by atoms with Crippen molar-refractivity contribution in [2.24, 2.45) is 5.92 Å². The number of anilines is 1. The number of hydrogen-bond acceptors (Lipinski definition) is 3. The average Bonchev–Trinajstić information content (AvgIpc) is 2.43. The van der Waals surface area contributed by atoms with Crippen LogP contribution >= 0.6 is 0 Å². The number of nitrogens with one attached hydrogen (secondary N) is 1. The van der Waals surface area contributed by atoms with Gasteiger partial charge in [-0.3, -0.25) is 4.79 Å². The number of carbonyl (C=O) groups excluding carboxylic acids is 1. The maximum Gasteiger partial charge on any atom is 0.162 e. The van der Waals surface area contributed by atoms with Crippen molar-refractivity contribution in [3.8, 4) is 0 Å². The highest BCUT2D eigenvalue weighted by atomic mass is 16.3. The number of ketones is 1. The lowest BCUT2D eigenvalue weighted by molar-refractivity contribution is 0.0988. The molecular formula is C15H23NO2. The smallest absolute Gasteiger partial charge is 0.162 e. The summed E-state index contributed by atoms with van der Waals surface area (Å²) in [6.07, 6.45) is 2.61. The Balaban J connectivity index is 2.33. The van der Waals surface area contributed by atoms with Gasteiger partial charge >= 0.3 is 0 Å². The zero-order valence-electron chi connectivity index (χ0n) is 11.3. The van der Waals surface area contributed by atoms with Gasteiger partial charge in [-0.1, -0.05) is 13.8 Å². The fourth-order valence-electron chi connectivity index (χ4n) is 1.75. The molecule has 3 heteroatoms. The van der Waals surface area contributed by atoms with Gasteiger partial charge in [0.2, 0.25) is 0 Å². The van der Waals surface area contributed by atoms with Crippen LogP contribution in [0.2, 0.25) is 0 Å².